The smallest absolute Gasteiger partial charge is 0.417 e. The van der Waals surface area contributed by atoms with Crippen LogP contribution in [-0.4, -0.2) is 11.0 Å². The molecule has 0 fully saturated rings. The molecule has 3 nitrogen and oxygen atoms in total. The Morgan fingerprint density at radius 2 is 1.96 bits per heavy atom. The monoisotopic (exact) mass is 343 g/mol. The van der Waals surface area contributed by atoms with Crippen molar-refractivity contribution in [1.29, 1.82) is 0 Å². The Labute approximate surface area is 136 Å². The number of ether oxygens (including phenoxy) is 1. The van der Waals surface area contributed by atoms with E-state index in [9.17, 15) is 18.0 Å². The Kier molecular flexibility index (Phi) is 5.26. The topological polar surface area (TPSA) is 39.2 Å². The summed E-state index contributed by atoms with van der Waals surface area (Å²) in [4.78, 5) is 15.7. The third kappa shape index (κ3) is 4.45. The van der Waals surface area contributed by atoms with E-state index in [1.54, 1.807) is 24.3 Å². The molecule has 0 radical (unpaired) electrons. The number of benzene rings is 1. The molecule has 0 aliphatic rings. The van der Waals surface area contributed by atoms with E-state index >= 15 is 0 Å². The van der Waals surface area contributed by atoms with Crippen LogP contribution in [0.1, 0.15) is 29.7 Å². The van der Waals surface area contributed by atoms with Gasteiger partial charge in [-0.1, -0.05) is 41.9 Å². The zero-order valence-corrected chi connectivity index (χ0v) is 12.9. The van der Waals surface area contributed by atoms with Crippen molar-refractivity contribution >= 4 is 17.6 Å². The lowest BCUT2D eigenvalue weighted by Gasteiger charge is -2.14. The summed E-state index contributed by atoms with van der Waals surface area (Å²) in [7, 11) is 0. The summed E-state index contributed by atoms with van der Waals surface area (Å²) in [6, 6.07) is 9.79. The van der Waals surface area contributed by atoms with Crippen LogP contribution >= 0.6 is 11.6 Å². The fourth-order valence-corrected chi connectivity index (χ4v) is 2.22. The molecule has 0 spiro atoms. The van der Waals surface area contributed by atoms with Crippen molar-refractivity contribution in [2.24, 2.45) is 0 Å². The van der Waals surface area contributed by atoms with Crippen LogP contribution in [0.3, 0.4) is 0 Å². The first-order chi connectivity index (χ1) is 10.8. The molecule has 7 heteroatoms. The van der Waals surface area contributed by atoms with Crippen molar-refractivity contribution in [2.75, 3.05) is 0 Å². The molecule has 0 aliphatic carbocycles. The van der Waals surface area contributed by atoms with Crippen LogP contribution in [0.5, 0.6) is 0 Å². The van der Waals surface area contributed by atoms with Gasteiger partial charge in [-0.25, -0.2) is 0 Å². The van der Waals surface area contributed by atoms with Gasteiger partial charge < -0.3 is 4.74 Å². The summed E-state index contributed by atoms with van der Waals surface area (Å²) < 4.78 is 42.9. The van der Waals surface area contributed by atoms with Gasteiger partial charge in [0.25, 0.3) is 0 Å². The Balaban J connectivity index is 2.07. The van der Waals surface area contributed by atoms with Gasteiger partial charge in [0, 0.05) is 6.20 Å². The third-order valence-corrected chi connectivity index (χ3v) is 3.49. The average Bonchev–Trinajstić information content (AvgIpc) is 2.52. The van der Waals surface area contributed by atoms with Crippen molar-refractivity contribution < 1.29 is 22.7 Å². The molecule has 0 bridgehead atoms. The Morgan fingerprint density at radius 1 is 1.30 bits per heavy atom. The minimum atomic E-state index is -4.54. The summed E-state index contributed by atoms with van der Waals surface area (Å²) in [5, 5.41) is -0.219. The number of hydrogen-bond acceptors (Lipinski definition) is 3. The molecule has 0 saturated carbocycles. The maximum absolute atomic E-state index is 12.6. The van der Waals surface area contributed by atoms with Crippen molar-refractivity contribution in [3.8, 4) is 0 Å². The molecule has 0 N–H and O–H groups in total. The van der Waals surface area contributed by atoms with E-state index in [2.05, 4.69) is 4.98 Å². The molecule has 2 aromatic rings. The van der Waals surface area contributed by atoms with E-state index in [1.807, 2.05) is 6.07 Å². The molecular weight excluding hydrogens is 331 g/mol. The lowest BCUT2D eigenvalue weighted by molar-refractivity contribution is -0.146. The highest BCUT2D eigenvalue weighted by Crippen LogP contribution is 2.33. The maximum atomic E-state index is 12.6. The molecule has 0 unspecified atom stereocenters. The van der Waals surface area contributed by atoms with Gasteiger partial charge in [-0.15, -0.1) is 0 Å². The highest BCUT2D eigenvalue weighted by molar-refractivity contribution is 6.31. The normalized spacial score (nSPS) is 12.7. The zero-order chi connectivity index (χ0) is 17.0. The SMILES string of the molecule is C[C@@H](C(=O)OCc1ccccc1)c1ncc(C(F)(F)F)cc1Cl. The standard InChI is InChI=1S/C16H13ClF3NO2/c1-10(15(22)23-9-11-5-3-2-4-6-11)14-13(17)7-12(8-21-14)16(18,19)20/h2-8,10H,9H2,1H3/t10-/m1/s1. The van der Waals surface area contributed by atoms with E-state index < -0.39 is 23.6 Å². The number of pyridine rings is 1. The predicted molar refractivity (Wildman–Crippen MR) is 78.9 cm³/mol. The molecule has 23 heavy (non-hydrogen) atoms. The number of carbonyl (C=O) groups excluding carboxylic acids is 1. The molecule has 1 aromatic heterocycles. The lowest BCUT2D eigenvalue weighted by atomic mass is 10.1. The Hall–Kier alpha value is -2.08. The molecule has 0 amide bonds. The third-order valence-electron chi connectivity index (χ3n) is 3.18. The van der Waals surface area contributed by atoms with Crippen LogP contribution in [0.4, 0.5) is 13.2 Å². The maximum Gasteiger partial charge on any atom is 0.417 e. The molecule has 1 heterocycles. The molecule has 122 valence electrons. The summed E-state index contributed by atoms with van der Waals surface area (Å²) in [5.74, 6) is -1.48. The first kappa shape index (κ1) is 17.3. The van der Waals surface area contributed by atoms with E-state index in [0.29, 0.717) is 6.20 Å². The van der Waals surface area contributed by atoms with E-state index in [1.165, 1.54) is 6.92 Å². The van der Waals surface area contributed by atoms with Gasteiger partial charge in [0.1, 0.15) is 6.61 Å². The number of alkyl halides is 3. The van der Waals surface area contributed by atoms with E-state index in [-0.39, 0.29) is 17.3 Å². The van der Waals surface area contributed by atoms with Gasteiger partial charge in [0.05, 0.1) is 22.2 Å². The van der Waals surface area contributed by atoms with Gasteiger partial charge in [0.2, 0.25) is 0 Å². The second-order valence-electron chi connectivity index (χ2n) is 4.90. The Bertz CT molecular complexity index is 689. The van der Waals surface area contributed by atoms with Gasteiger partial charge in [-0.05, 0) is 18.6 Å². The van der Waals surface area contributed by atoms with Crippen LogP contribution in [0, 0.1) is 0 Å². The number of carbonyl (C=O) groups is 1. The second kappa shape index (κ2) is 7.00. The zero-order valence-electron chi connectivity index (χ0n) is 12.1. The van der Waals surface area contributed by atoms with E-state index in [4.69, 9.17) is 16.3 Å². The average molecular weight is 344 g/mol. The molecular formula is C16H13ClF3NO2. The fourth-order valence-electron chi connectivity index (χ4n) is 1.89. The van der Waals surface area contributed by atoms with Crippen molar-refractivity contribution in [3.05, 3.63) is 64.4 Å². The highest BCUT2D eigenvalue weighted by atomic mass is 35.5. The minimum absolute atomic E-state index is 0.0535. The van der Waals surface area contributed by atoms with Crippen molar-refractivity contribution in [1.82, 2.24) is 4.98 Å². The summed E-state index contributed by atoms with van der Waals surface area (Å²) in [6.07, 6.45) is -3.88. The first-order valence-electron chi connectivity index (χ1n) is 6.72. The van der Waals surface area contributed by atoms with Crippen LogP contribution in [0.15, 0.2) is 42.6 Å². The lowest BCUT2D eigenvalue weighted by Crippen LogP contribution is -2.16. The van der Waals surface area contributed by atoms with Crippen LogP contribution < -0.4 is 0 Å². The van der Waals surface area contributed by atoms with Gasteiger partial charge in [-0.3, -0.25) is 9.78 Å². The number of esters is 1. The molecule has 2 rings (SSSR count). The van der Waals surface area contributed by atoms with Crippen molar-refractivity contribution in [3.63, 3.8) is 0 Å². The minimum Gasteiger partial charge on any atom is -0.460 e. The van der Waals surface area contributed by atoms with Gasteiger partial charge in [0.15, 0.2) is 0 Å². The first-order valence-corrected chi connectivity index (χ1v) is 7.10. The van der Waals surface area contributed by atoms with E-state index in [0.717, 1.165) is 11.6 Å². The van der Waals surface area contributed by atoms with Crippen LogP contribution in [0.25, 0.3) is 0 Å². The Morgan fingerprint density at radius 3 is 2.52 bits per heavy atom. The number of hydrogen-bond donors (Lipinski definition) is 0. The number of aromatic nitrogens is 1. The molecule has 0 saturated heterocycles. The largest absolute Gasteiger partial charge is 0.460 e. The van der Waals surface area contributed by atoms with Crippen LogP contribution in [0.2, 0.25) is 5.02 Å². The van der Waals surface area contributed by atoms with Gasteiger partial charge in [-0.2, -0.15) is 13.2 Å². The fraction of sp³-hybridized carbons (Fsp3) is 0.250. The predicted octanol–water partition coefficient (Wildman–Crippen LogP) is 4.60. The quantitative estimate of drug-likeness (QED) is 0.761. The number of halogens is 4. The summed E-state index contributed by atoms with van der Waals surface area (Å²) in [5.41, 5.74) is -0.103. The van der Waals surface area contributed by atoms with Crippen LogP contribution in [-0.2, 0) is 22.3 Å². The van der Waals surface area contributed by atoms with Gasteiger partial charge >= 0.3 is 12.1 Å². The molecule has 0 aliphatic heterocycles. The second-order valence-corrected chi connectivity index (χ2v) is 5.31. The molecule has 1 aromatic carbocycles. The number of nitrogens with zero attached hydrogens (tertiary/aromatic N) is 1. The summed E-state index contributed by atoms with van der Waals surface area (Å²) in [6.45, 7) is 1.55. The highest BCUT2D eigenvalue weighted by Gasteiger charge is 2.32. The summed E-state index contributed by atoms with van der Waals surface area (Å²) >= 11 is 5.82. The number of rotatable bonds is 4. The van der Waals surface area contributed by atoms with Crippen molar-refractivity contribution in [2.45, 2.75) is 25.6 Å². The molecule has 1 atom stereocenters.